The van der Waals surface area contributed by atoms with Crippen molar-refractivity contribution in [3.05, 3.63) is 70.8 Å². The third-order valence-electron chi connectivity index (χ3n) is 4.63. The number of rotatable bonds is 5. The molecule has 3 aromatic rings. The van der Waals surface area contributed by atoms with Crippen molar-refractivity contribution in [2.24, 2.45) is 0 Å². The van der Waals surface area contributed by atoms with Gasteiger partial charge in [-0.15, -0.1) is 0 Å². The molecule has 8 heteroatoms. The third-order valence-corrected chi connectivity index (χ3v) is 4.87. The minimum Gasteiger partial charge on any atom is -0.348 e. The molecule has 1 amide bonds. The smallest absolute Gasteiger partial charge is 0.257 e. The first-order valence-electron chi connectivity index (χ1n) is 8.95. The van der Waals surface area contributed by atoms with E-state index < -0.39 is 11.7 Å². The fourth-order valence-electron chi connectivity index (χ4n) is 3.24. The Morgan fingerprint density at radius 1 is 1.29 bits per heavy atom. The van der Waals surface area contributed by atoms with Crippen LogP contribution in [0, 0.1) is 5.82 Å². The largest absolute Gasteiger partial charge is 0.348 e. The van der Waals surface area contributed by atoms with E-state index in [1.807, 2.05) is 30.3 Å². The number of aromatic nitrogens is 2. The summed E-state index contributed by atoms with van der Waals surface area (Å²) >= 11 is 5.86. The molecule has 0 radical (unpaired) electrons. The highest BCUT2D eigenvalue weighted by Crippen LogP contribution is 2.19. The second-order valence-electron chi connectivity index (χ2n) is 6.70. The van der Waals surface area contributed by atoms with Crippen molar-refractivity contribution in [1.82, 2.24) is 20.4 Å². The summed E-state index contributed by atoms with van der Waals surface area (Å²) in [5.74, 6) is 0.0255. The lowest BCUT2D eigenvalue weighted by Gasteiger charge is -2.15. The molecular formula is C20H18ClFN4O2. The molecule has 0 unspecified atom stereocenters. The first-order valence-corrected chi connectivity index (χ1v) is 9.32. The third kappa shape index (κ3) is 4.21. The van der Waals surface area contributed by atoms with Gasteiger partial charge in [0.05, 0.1) is 12.1 Å². The summed E-state index contributed by atoms with van der Waals surface area (Å²) < 4.78 is 19.2. The summed E-state index contributed by atoms with van der Waals surface area (Å²) in [5, 5.41) is 7.22. The van der Waals surface area contributed by atoms with Gasteiger partial charge in [0.15, 0.2) is 5.82 Å². The van der Waals surface area contributed by atoms with Crippen LogP contribution in [-0.4, -0.2) is 40.1 Å². The zero-order chi connectivity index (χ0) is 19.5. The summed E-state index contributed by atoms with van der Waals surface area (Å²) in [4.78, 5) is 18.9. The van der Waals surface area contributed by atoms with Crippen LogP contribution >= 0.6 is 11.6 Å². The highest BCUT2D eigenvalue weighted by molar-refractivity contribution is 6.31. The fourth-order valence-corrected chi connectivity index (χ4v) is 3.42. The van der Waals surface area contributed by atoms with Gasteiger partial charge in [0.25, 0.3) is 11.8 Å². The Morgan fingerprint density at radius 3 is 2.93 bits per heavy atom. The van der Waals surface area contributed by atoms with Crippen LogP contribution in [0.5, 0.6) is 0 Å². The molecule has 4 rings (SSSR count). The Hall–Kier alpha value is -2.77. The van der Waals surface area contributed by atoms with Gasteiger partial charge in [-0.05, 0) is 36.8 Å². The fraction of sp³-hybridized carbons (Fsp3) is 0.250. The molecule has 1 saturated heterocycles. The Labute approximate surface area is 166 Å². The Balaban J connectivity index is 1.34. The first kappa shape index (κ1) is 18.6. The van der Waals surface area contributed by atoms with Crippen LogP contribution in [0.1, 0.15) is 22.6 Å². The monoisotopic (exact) mass is 400 g/mol. The maximum Gasteiger partial charge on any atom is 0.257 e. The molecule has 144 valence electrons. The van der Waals surface area contributed by atoms with Gasteiger partial charge in [-0.3, -0.25) is 9.69 Å². The van der Waals surface area contributed by atoms with Crippen molar-refractivity contribution in [3.8, 4) is 11.5 Å². The van der Waals surface area contributed by atoms with E-state index in [0.29, 0.717) is 29.8 Å². The number of carbonyl (C=O) groups is 1. The van der Waals surface area contributed by atoms with Gasteiger partial charge >= 0.3 is 0 Å². The van der Waals surface area contributed by atoms with E-state index in [2.05, 4.69) is 20.4 Å². The van der Waals surface area contributed by atoms with E-state index >= 15 is 0 Å². The van der Waals surface area contributed by atoms with Gasteiger partial charge < -0.3 is 9.84 Å². The van der Waals surface area contributed by atoms with E-state index in [4.69, 9.17) is 16.1 Å². The second-order valence-corrected chi connectivity index (χ2v) is 7.14. The van der Waals surface area contributed by atoms with Crippen molar-refractivity contribution in [2.75, 3.05) is 13.1 Å². The van der Waals surface area contributed by atoms with Crippen molar-refractivity contribution in [2.45, 2.75) is 19.0 Å². The topological polar surface area (TPSA) is 71.3 Å². The van der Waals surface area contributed by atoms with Gasteiger partial charge in [0.2, 0.25) is 0 Å². The summed E-state index contributed by atoms with van der Waals surface area (Å²) in [6.07, 6.45) is 0.761. The van der Waals surface area contributed by atoms with Gasteiger partial charge in [0.1, 0.15) is 5.82 Å². The number of nitrogens with zero attached hydrogens (tertiary/aromatic N) is 3. The van der Waals surface area contributed by atoms with Gasteiger partial charge in [-0.2, -0.15) is 4.98 Å². The van der Waals surface area contributed by atoms with E-state index in [-0.39, 0.29) is 11.6 Å². The molecule has 0 aliphatic carbocycles. The van der Waals surface area contributed by atoms with Crippen LogP contribution in [0.2, 0.25) is 5.02 Å². The van der Waals surface area contributed by atoms with Crippen LogP contribution in [0.3, 0.4) is 0 Å². The highest BCUT2D eigenvalue weighted by atomic mass is 35.5. The molecule has 2 heterocycles. The summed E-state index contributed by atoms with van der Waals surface area (Å²) in [6.45, 7) is 1.93. The van der Waals surface area contributed by atoms with Crippen molar-refractivity contribution in [1.29, 1.82) is 0 Å². The first-order chi connectivity index (χ1) is 13.6. The number of hydrogen-bond acceptors (Lipinski definition) is 5. The van der Waals surface area contributed by atoms with Crippen LogP contribution in [0.25, 0.3) is 11.5 Å². The van der Waals surface area contributed by atoms with Crippen LogP contribution in [-0.2, 0) is 6.54 Å². The molecule has 6 nitrogen and oxygen atoms in total. The number of nitrogens with one attached hydrogen (secondary N) is 1. The molecule has 0 saturated carbocycles. The van der Waals surface area contributed by atoms with Crippen LogP contribution in [0.4, 0.5) is 4.39 Å². The SMILES string of the molecule is O=C(N[C@@H]1CCN(Cc2noc(-c3ccccc3)n2)C1)c1cc(Cl)ccc1F. The normalized spacial score (nSPS) is 17.0. The molecule has 2 aromatic carbocycles. The summed E-state index contributed by atoms with van der Waals surface area (Å²) in [7, 11) is 0. The molecule has 1 aliphatic rings. The summed E-state index contributed by atoms with van der Waals surface area (Å²) in [6, 6.07) is 13.4. The molecule has 1 aromatic heterocycles. The minimum absolute atomic E-state index is 0.0448. The van der Waals surface area contributed by atoms with Crippen LogP contribution in [0.15, 0.2) is 53.1 Å². The van der Waals surface area contributed by atoms with E-state index in [1.54, 1.807) is 0 Å². The number of amides is 1. The maximum absolute atomic E-state index is 13.8. The van der Waals surface area contributed by atoms with Crippen molar-refractivity contribution >= 4 is 17.5 Å². The molecule has 1 atom stereocenters. The van der Waals surface area contributed by atoms with Gasteiger partial charge in [0, 0.05) is 29.7 Å². The second kappa shape index (κ2) is 8.08. The minimum atomic E-state index is -0.586. The van der Waals surface area contributed by atoms with Crippen molar-refractivity contribution in [3.63, 3.8) is 0 Å². The molecule has 1 N–H and O–H groups in total. The molecule has 0 spiro atoms. The molecule has 28 heavy (non-hydrogen) atoms. The predicted octanol–water partition coefficient (Wildman–Crippen LogP) is 3.53. The molecule has 1 fully saturated rings. The lowest BCUT2D eigenvalue weighted by atomic mass is 10.1. The summed E-state index contributed by atoms with van der Waals surface area (Å²) in [5.41, 5.74) is 0.827. The van der Waals surface area contributed by atoms with Gasteiger partial charge in [-0.1, -0.05) is 35.0 Å². The quantitative estimate of drug-likeness (QED) is 0.709. The zero-order valence-electron chi connectivity index (χ0n) is 14.9. The average Bonchev–Trinajstić information content (AvgIpc) is 3.34. The molecular weight excluding hydrogens is 383 g/mol. The van der Waals surface area contributed by atoms with E-state index in [0.717, 1.165) is 18.5 Å². The Bertz CT molecular complexity index is 979. The number of halogens is 2. The molecule has 0 bridgehead atoms. The predicted molar refractivity (Wildman–Crippen MR) is 102 cm³/mol. The molecule has 1 aliphatic heterocycles. The lowest BCUT2D eigenvalue weighted by molar-refractivity contribution is 0.0933. The Morgan fingerprint density at radius 2 is 2.11 bits per heavy atom. The van der Waals surface area contributed by atoms with Gasteiger partial charge in [-0.25, -0.2) is 4.39 Å². The Kier molecular flexibility index (Phi) is 5.36. The van der Waals surface area contributed by atoms with Crippen LogP contribution < -0.4 is 5.32 Å². The lowest BCUT2D eigenvalue weighted by Crippen LogP contribution is -2.37. The number of likely N-dealkylation sites (tertiary alicyclic amines) is 1. The highest BCUT2D eigenvalue weighted by Gasteiger charge is 2.26. The van der Waals surface area contributed by atoms with E-state index in [1.165, 1.54) is 18.2 Å². The number of hydrogen-bond donors (Lipinski definition) is 1. The number of carbonyl (C=O) groups excluding carboxylic acids is 1. The zero-order valence-corrected chi connectivity index (χ0v) is 15.7. The standard InChI is InChI=1S/C20H18ClFN4O2/c21-14-6-7-17(22)16(10-14)19(27)23-15-8-9-26(11-15)12-18-24-20(28-25-18)13-4-2-1-3-5-13/h1-7,10,15H,8-9,11-12H2,(H,23,27)/t15-/m1/s1. The number of benzene rings is 2. The maximum atomic E-state index is 13.8. The van der Waals surface area contributed by atoms with E-state index in [9.17, 15) is 9.18 Å². The van der Waals surface area contributed by atoms with Crippen molar-refractivity contribution < 1.29 is 13.7 Å². The average molecular weight is 401 g/mol.